The van der Waals surface area contributed by atoms with Crippen molar-refractivity contribution < 1.29 is 19.4 Å². The Hall–Kier alpha value is -2.86. The number of amides is 2. The lowest BCUT2D eigenvalue weighted by Gasteiger charge is -2.31. The van der Waals surface area contributed by atoms with Gasteiger partial charge in [0.15, 0.2) is 0 Å². The highest BCUT2D eigenvalue weighted by molar-refractivity contribution is 5.85. The summed E-state index contributed by atoms with van der Waals surface area (Å²) in [6.07, 6.45) is 1.87. The highest BCUT2D eigenvalue weighted by atomic mass is 16.5. The number of aliphatic hydroxyl groups excluding tert-OH is 1. The van der Waals surface area contributed by atoms with Crippen molar-refractivity contribution in [2.24, 2.45) is 11.8 Å². The van der Waals surface area contributed by atoms with Crippen LogP contribution in [0.2, 0.25) is 0 Å². The van der Waals surface area contributed by atoms with Crippen LogP contribution in [0.4, 0.5) is 4.79 Å². The number of carbonyl (C=O) groups is 2. The van der Waals surface area contributed by atoms with E-state index < -0.39 is 12.1 Å². The van der Waals surface area contributed by atoms with Gasteiger partial charge in [-0.2, -0.15) is 0 Å². The Morgan fingerprint density at radius 1 is 0.941 bits per heavy atom. The molecule has 6 heteroatoms. The van der Waals surface area contributed by atoms with E-state index in [1.807, 2.05) is 24.3 Å². The largest absolute Gasteiger partial charge is 0.449 e. The fourth-order valence-electron chi connectivity index (χ4n) is 4.86. The van der Waals surface area contributed by atoms with Crippen LogP contribution in [0, 0.1) is 11.8 Å². The zero-order valence-corrected chi connectivity index (χ0v) is 20.7. The summed E-state index contributed by atoms with van der Waals surface area (Å²) in [5.74, 6) is 0.270. The van der Waals surface area contributed by atoms with E-state index in [2.05, 4.69) is 55.7 Å². The number of ether oxygens (including phenoxy) is 1. The van der Waals surface area contributed by atoms with Crippen LogP contribution < -0.4 is 10.6 Å². The predicted octanol–water partition coefficient (Wildman–Crippen LogP) is 4.85. The van der Waals surface area contributed by atoms with Gasteiger partial charge in [-0.15, -0.1) is 0 Å². The molecule has 3 N–H and O–H groups in total. The fraction of sp³-hybridized carbons (Fsp3) is 0.500. The Morgan fingerprint density at radius 3 is 2.09 bits per heavy atom. The van der Waals surface area contributed by atoms with Crippen molar-refractivity contribution in [3.05, 3.63) is 59.7 Å². The number of fused-ring (bicyclic) bond motifs is 3. The number of aliphatic hydroxyl groups is 1. The highest BCUT2D eigenvalue weighted by Crippen LogP contribution is 2.44. The number of nitrogens with one attached hydrogen (secondary N) is 2. The first-order valence-corrected chi connectivity index (χ1v) is 12.4. The van der Waals surface area contributed by atoms with E-state index in [0.29, 0.717) is 12.3 Å². The fourth-order valence-corrected chi connectivity index (χ4v) is 4.86. The molecule has 0 fully saturated rings. The van der Waals surface area contributed by atoms with E-state index >= 15 is 0 Å². The summed E-state index contributed by atoms with van der Waals surface area (Å²) < 4.78 is 5.58. The van der Waals surface area contributed by atoms with Gasteiger partial charge in [0.05, 0.1) is 0 Å². The highest BCUT2D eigenvalue weighted by Gasteiger charge is 2.30. The minimum absolute atomic E-state index is 0.0178. The van der Waals surface area contributed by atoms with E-state index in [0.717, 1.165) is 24.0 Å². The van der Waals surface area contributed by atoms with Gasteiger partial charge in [0.25, 0.3) is 0 Å². The number of hydrogen-bond acceptors (Lipinski definition) is 4. The first-order chi connectivity index (χ1) is 16.4. The molecule has 0 saturated carbocycles. The zero-order valence-electron chi connectivity index (χ0n) is 20.7. The molecule has 2 amide bonds. The van der Waals surface area contributed by atoms with Crippen molar-refractivity contribution in [3.8, 4) is 11.1 Å². The van der Waals surface area contributed by atoms with E-state index in [4.69, 9.17) is 9.84 Å². The molecule has 0 saturated heterocycles. The summed E-state index contributed by atoms with van der Waals surface area (Å²) in [5.41, 5.74) is 4.64. The molecule has 2 aromatic rings. The molecule has 0 bridgehead atoms. The molecule has 2 aromatic carbocycles. The number of alkyl carbamates (subject to hydrolysis) is 1. The first kappa shape index (κ1) is 25.8. The van der Waals surface area contributed by atoms with Crippen LogP contribution in [0.3, 0.4) is 0 Å². The molecule has 4 atom stereocenters. The smallest absolute Gasteiger partial charge is 0.407 e. The van der Waals surface area contributed by atoms with Crippen molar-refractivity contribution in [1.29, 1.82) is 0 Å². The molecule has 6 nitrogen and oxygen atoms in total. The molecule has 0 aliphatic heterocycles. The summed E-state index contributed by atoms with van der Waals surface area (Å²) in [5, 5.41) is 14.9. The maximum atomic E-state index is 12.8. The summed E-state index contributed by atoms with van der Waals surface area (Å²) >= 11 is 0. The van der Waals surface area contributed by atoms with E-state index in [-0.39, 0.29) is 37.0 Å². The molecule has 0 unspecified atom stereocenters. The lowest BCUT2D eigenvalue weighted by Crippen LogP contribution is -2.51. The standard InChI is InChI=1S/C28H38N2O4/c1-5-18(2)26(19(3)11-10-16-31)30-27(32)20(4)29-28(33)34-17-25-23-14-8-6-12-21(23)22-13-7-9-15-24(22)25/h6-9,12-15,18-20,25-26,31H,5,10-11,16-17H2,1-4H3,(H,29,33)(H,30,32)/t18-,19-,20+,26+/m0/s1. The average molecular weight is 467 g/mol. The molecule has 0 aromatic heterocycles. The van der Waals surface area contributed by atoms with Crippen LogP contribution in [-0.2, 0) is 9.53 Å². The van der Waals surface area contributed by atoms with Gasteiger partial charge in [-0.3, -0.25) is 4.79 Å². The third-order valence-corrected chi connectivity index (χ3v) is 7.07. The van der Waals surface area contributed by atoms with Gasteiger partial charge in [0.2, 0.25) is 5.91 Å². The molecule has 184 valence electrons. The number of hydrogen-bond donors (Lipinski definition) is 3. The summed E-state index contributed by atoms with van der Waals surface area (Å²) in [6.45, 7) is 8.33. The van der Waals surface area contributed by atoms with Gasteiger partial charge in [0, 0.05) is 18.6 Å². The van der Waals surface area contributed by atoms with Crippen LogP contribution in [0.25, 0.3) is 11.1 Å². The van der Waals surface area contributed by atoms with Crippen molar-refractivity contribution in [2.45, 2.75) is 65.0 Å². The second kappa shape index (κ2) is 12.0. The molecule has 1 aliphatic rings. The molecule has 34 heavy (non-hydrogen) atoms. The third kappa shape index (κ3) is 5.98. The van der Waals surface area contributed by atoms with Gasteiger partial charge in [-0.25, -0.2) is 4.79 Å². The number of carbonyl (C=O) groups excluding carboxylic acids is 2. The maximum absolute atomic E-state index is 12.8. The Kier molecular flexibility index (Phi) is 9.11. The van der Waals surface area contributed by atoms with Crippen LogP contribution >= 0.6 is 0 Å². The van der Waals surface area contributed by atoms with Crippen molar-refractivity contribution in [2.75, 3.05) is 13.2 Å². The zero-order chi connectivity index (χ0) is 24.7. The Labute approximate surface area is 203 Å². The van der Waals surface area contributed by atoms with Crippen LogP contribution in [-0.4, -0.2) is 42.4 Å². The van der Waals surface area contributed by atoms with Crippen molar-refractivity contribution in [3.63, 3.8) is 0 Å². The Balaban J connectivity index is 1.57. The second-order valence-corrected chi connectivity index (χ2v) is 9.45. The normalized spacial score (nSPS) is 16.0. The summed E-state index contributed by atoms with van der Waals surface area (Å²) in [6, 6.07) is 15.6. The molecule has 0 radical (unpaired) electrons. The number of rotatable bonds is 11. The van der Waals surface area contributed by atoms with Gasteiger partial charge in [-0.1, -0.05) is 75.7 Å². The molecule has 0 spiro atoms. The number of benzene rings is 2. The molecule has 3 rings (SSSR count). The monoisotopic (exact) mass is 466 g/mol. The minimum atomic E-state index is -0.716. The van der Waals surface area contributed by atoms with Gasteiger partial charge >= 0.3 is 6.09 Å². The SMILES string of the molecule is CC[C@H](C)[C@@H](NC(=O)[C@@H](C)NC(=O)OCC1c2ccccc2-c2ccccc21)[C@@H](C)CCCO. The molecular formula is C28H38N2O4. The Morgan fingerprint density at radius 2 is 1.53 bits per heavy atom. The maximum Gasteiger partial charge on any atom is 0.407 e. The van der Waals surface area contributed by atoms with Gasteiger partial charge in [-0.05, 0) is 53.9 Å². The lowest BCUT2D eigenvalue weighted by atomic mass is 9.86. The average Bonchev–Trinajstić information content (AvgIpc) is 3.17. The van der Waals surface area contributed by atoms with Crippen LogP contribution in [0.5, 0.6) is 0 Å². The summed E-state index contributed by atoms with van der Waals surface area (Å²) in [4.78, 5) is 25.4. The third-order valence-electron chi connectivity index (χ3n) is 7.07. The topological polar surface area (TPSA) is 87.7 Å². The van der Waals surface area contributed by atoms with Crippen molar-refractivity contribution >= 4 is 12.0 Å². The van der Waals surface area contributed by atoms with E-state index in [9.17, 15) is 9.59 Å². The quantitative estimate of drug-likeness (QED) is 0.442. The second-order valence-electron chi connectivity index (χ2n) is 9.45. The molecule has 0 heterocycles. The summed E-state index contributed by atoms with van der Waals surface area (Å²) in [7, 11) is 0. The van der Waals surface area contributed by atoms with Gasteiger partial charge in [0.1, 0.15) is 12.6 Å². The lowest BCUT2D eigenvalue weighted by molar-refractivity contribution is -0.124. The van der Waals surface area contributed by atoms with Gasteiger partial charge < -0.3 is 20.5 Å². The Bertz CT molecular complexity index is 931. The van der Waals surface area contributed by atoms with E-state index in [1.54, 1.807) is 6.92 Å². The predicted molar refractivity (Wildman–Crippen MR) is 135 cm³/mol. The van der Waals surface area contributed by atoms with Crippen LogP contribution in [0.15, 0.2) is 48.5 Å². The van der Waals surface area contributed by atoms with Crippen molar-refractivity contribution in [1.82, 2.24) is 10.6 Å². The first-order valence-electron chi connectivity index (χ1n) is 12.4. The minimum Gasteiger partial charge on any atom is -0.449 e. The molecular weight excluding hydrogens is 428 g/mol. The van der Waals surface area contributed by atoms with Crippen LogP contribution in [0.1, 0.15) is 64.0 Å². The van der Waals surface area contributed by atoms with E-state index in [1.165, 1.54) is 11.1 Å². The molecule has 1 aliphatic carbocycles.